The molecule has 9 heteroatoms. The van der Waals surface area contributed by atoms with Crippen LogP contribution in [0.4, 0.5) is 0 Å². The molecule has 6 saturated carbocycles. The van der Waals surface area contributed by atoms with E-state index in [1.165, 1.54) is 25.7 Å². The van der Waals surface area contributed by atoms with Gasteiger partial charge in [-0.15, -0.1) is 0 Å². The zero-order chi connectivity index (χ0) is 35.8. The highest BCUT2D eigenvalue weighted by molar-refractivity contribution is 7.91. The SMILES string of the molecule is CC1CC(CS(=O)(=O)c2ccccc2)OC2C1C1(C)CCC34CC5(CCC3C1(C)C2O)C4CCC(OC1CN(C(=O)CC2CC2)CCO1)C5(C)C. The Morgan fingerprint density at radius 2 is 1.76 bits per heavy atom. The zero-order valence-electron chi connectivity index (χ0n) is 31.5. The Kier molecular flexibility index (Phi) is 8.10. The van der Waals surface area contributed by atoms with Crippen LogP contribution in [0.1, 0.15) is 105 Å². The Morgan fingerprint density at radius 1 is 1.00 bits per heavy atom. The molecule has 2 heterocycles. The van der Waals surface area contributed by atoms with Crippen molar-refractivity contribution < 1.29 is 32.5 Å². The van der Waals surface area contributed by atoms with Gasteiger partial charge in [-0.05, 0) is 128 Å². The molecule has 2 bridgehead atoms. The molecule has 2 aliphatic heterocycles. The molecule has 0 radical (unpaired) electrons. The second-order valence-electron chi connectivity index (χ2n) is 19.6. The van der Waals surface area contributed by atoms with E-state index in [2.05, 4.69) is 34.6 Å². The molecular weight excluding hydrogens is 663 g/mol. The smallest absolute Gasteiger partial charge is 0.223 e. The summed E-state index contributed by atoms with van der Waals surface area (Å²) < 4.78 is 46.6. The van der Waals surface area contributed by atoms with Crippen molar-refractivity contribution >= 4 is 15.7 Å². The van der Waals surface area contributed by atoms with Gasteiger partial charge in [0.05, 0.1) is 48.2 Å². The van der Waals surface area contributed by atoms with E-state index in [1.807, 2.05) is 11.0 Å². The number of ether oxygens (including phenoxy) is 3. The summed E-state index contributed by atoms with van der Waals surface area (Å²) in [7, 11) is -3.50. The molecule has 13 unspecified atom stereocenters. The Balaban J connectivity index is 0.924. The van der Waals surface area contributed by atoms with Crippen LogP contribution in [0.3, 0.4) is 0 Å². The second kappa shape index (κ2) is 11.7. The molecule has 13 atom stereocenters. The number of carbonyl (C=O) groups excluding carboxylic acids is 1. The van der Waals surface area contributed by atoms with E-state index in [9.17, 15) is 18.3 Å². The molecular formula is C42H61NO7S. The summed E-state index contributed by atoms with van der Waals surface area (Å²) in [4.78, 5) is 15.3. The summed E-state index contributed by atoms with van der Waals surface area (Å²) in [5.74, 6) is 2.31. The van der Waals surface area contributed by atoms with Crippen LogP contribution >= 0.6 is 0 Å². The van der Waals surface area contributed by atoms with Crippen molar-refractivity contribution in [3.8, 4) is 0 Å². The molecule has 282 valence electrons. The number of amides is 1. The minimum atomic E-state index is -3.50. The lowest BCUT2D eigenvalue weighted by Crippen LogP contribution is -2.76. The van der Waals surface area contributed by atoms with Crippen molar-refractivity contribution in [1.82, 2.24) is 4.90 Å². The first-order valence-electron chi connectivity index (χ1n) is 20.3. The third-order valence-electron chi connectivity index (χ3n) is 17.4. The van der Waals surface area contributed by atoms with Gasteiger partial charge in [-0.1, -0.05) is 52.8 Å². The van der Waals surface area contributed by atoms with Crippen molar-refractivity contribution in [3.05, 3.63) is 30.3 Å². The quantitative estimate of drug-likeness (QED) is 0.337. The van der Waals surface area contributed by atoms with E-state index in [-0.39, 0.29) is 69.1 Å². The molecule has 51 heavy (non-hydrogen) atoms. The monoisotopic (exact) mass is 723 g/mol. The number of benzene rings is 1. The van der Waals surface area contributed by atoms with Gasteiger partial charge in [-0.25, -0.2) is 8.42 Å². The first kappa shape index (κ1) is 35.2. The van der Waals surface area contributed by atoms with Crippen LogP contribution in [0.15, 0.2) is 35.2 Å². The fraction of sp³-hybridized carbons (Fsp3) is 0.833. The molecule has 9 rings (SSSR count). The van der Waals surface area contributed by atoms with E-state index in [0.717, 1.165) is 32.1 Å². The first-order valence-corrected chi connectivity index (χ1v) is 22.0. The van der Waals surface area contributed by atoms with Crippen molar-refractivity contribution in [2.45, 2.75) is 141 Å². The molecule has 2 saturated heterocycles. The number of rotatable bonds is 7. The number of carbonyl (C=O) groups is 1. The Labute approximate surface area is 305 Å². The third-order valence-corrected chi connectivity index (χ3v) is 19.2. The highest BCUT2D eigenvalue weighted by atomic mass is 32.2. The van der Waals surface area contributed by atoms with Gasteiger partial charge >= 0.3 is 0 Å². The maximum Gasteiger partial charge on any atom is 0.223 e. The van der Waals surface area contributed by atoms with Crippen molar-refractivity contribution in [2.24, 2.45) is 56.7 Å². The van der Waals surface area contributed by atoms with E-state index >= 15 is 0 Å². The number of morpholine rings is 1. The molecule has 1 amide bonds. The molecule has 8 aliphatic rings. The lowest BCUT2D eigenvalue weighted by molar-refractivity contribution is -0.355. The number of sulfone groups is 1. The van der Waals surface area contributed by atoms with Gasteiger partial charge in [0.2, 0.25) is 5.91 Å². The molecule has 1 aromatic carbocycles. The standard InChI is InChI=1S/C42H61NO7S/c1-26-21-28(24-51(46,47)29-9-7-6-8-10-29)49-36-35(26)39(4)17-18-41-25-42(16-15-30(41)40(39,5)37(36)45)31(41)13-14-32(38(42,2)3)50-34-23-43(19-20-48-34)33(44)22-27-11-12-27/h6-10,26-28,30-32,34-37,45H,11-25H2,1-5H3. The zero-order valence-corrected chi connectivity index (χ0v) is 32.3. The third kappa shape index (κ3) is 4.88. The van der Waals surface area contributed by atoms with E-state index in [1.54, 1.807) is 24.3 Å². The predicted octanol–water partition coefficient (Wildman–Crippen LogP) is 6.64. The average Bonchev–Trinajstić information content (AvgIpc) is 3.89. The second-order valence-corrected chi connectivity index (χ2v) is 21.7. The number of aliphatic hydroxyl groups excluding tert-OH is 1. The maximum absolute atomic E-state index is 13.4. The molecule has 6 aliphatic carbocycles. The maximum atomic E-state index is 13.4. The lowest BCUT2D eigenvalue weighted by Gasteiger charge is -2.81. The molecule has 1 aromatic rings. The summed E-state index contributed by atoms with van der Waals surface area (Å²) in [6.45, 7) is 13.8. The highest BCUT2D eigenvalue weighted by Gasteiger charge is 2.82. The minimum Gasteiger partial charge on any atom is -0.390 e. The van der Waals surface area contributed by atoms with Gasteiger partial charge in [0.25, 0.3) is 0 Å². The van der Waals surface area contributed by atoms with Crippen molar-refractivity contribution in [1.29, 1.82) is 0 Å². The highest BCUT2D eigenvalue weighted by Crippen LogP contribution is 2.86. The minimum absolute atomic E-state index is 0.0190. The van der Waals surface area contributed by atoms with Gasteiger partial charge in [0.15, 0.2) is 16.1 Å². The summed E-state index contributed by atoms with van der Waals surface area (Å²) in [5, 5.41) is 12.6. The van der Waals surface area contributed by atoms with Crippen molar-refractivity contribution in [2.75, 3.05) is 25.4 Å². The summed E-state index contributed by atoms with van der Waals surface area (Å²) in [5.41, 5.74) is 0.0507. The van der Waals surface area contributed by atoms with Crippen LogP contribution in [0.25, 0.3) is 0 Å². The Bertz CT molecular complexity index is 1650. The summed E-state index contributed by atoms with van der Waals surface area (Å²) >= 11 is 0. The normalized spacial score (nSPS) is 48.4. The van der Waals surface area contributed by atoms with Crippen molar-refractivity contribution in [3.63, 3.8) is 0 Å². The van der Waals surface area contributed by atoms with Gasteiger partial charge < -0.3 is 24.2 Å². The largest absolute Gasteiger partial charge is 0.390 e. The van der Waals surface area contributed by atoms with E-state index in [0.29, 0.717) is 55.2 Å². The van der Waals surface area contributed by atoms with Gasteiger partial charge in [0.1, 0.15) is 0 Å². The molecule has 0 aromatic heterocycles. The fourth-order valence-corrected chi connectivity index (χ4v) is 16.1. The molecule has 2 spiro atoms. The molecule has 8 fully saturated rings. The number of aliphatic hydroxyl groups is 1. The van der Waals surface area contributed by atoms with Crippen LogP contribution in [0, 0.1) is 56.7 Å². The topological polar surface area (TPSA) is 102 Å². The fourth-order valence-electron chi connectivity index (χ4n) is 14.7. The van der Waals surface area contributed by atoms with Crippen LogP contribution in [-0.2, 0) is 28.8 Å². The predicted molar refractivity (Wildman–Crippen MR) is 193 cm³/mol. The lowest BCUT2D eigenvalue weighted by atomic mass is 9.23. The summed E-state index contributed by atoms with van der Waals surface area (Å²) in [6, 6.07) is 8.72. The molecule has 1 N–H and O–H groups in total. The van der Waals surface area contributed by atoms with Crippen LogP contribution in [0.2, 0.25) is 0 Å². The molecule has 8 nitrogen and oxygen atoms in total. The number of nitrogens with zero attached hydrogens (tertiary/aromatic N) is 1. The van der Waals surface area contributed by atoms with Crippen LogP contribution in [0.5, 0.6) is 0 Å². The van der Waals surface area contributed by atoms with Crippen LogP contribution in [-0.4, -0.2) is 80.5 Å². The first-order chi connectivity index (χ1) is 24.2. The van der Waals surface area contributed by atoms with Gasteiger partial charge in [0, 0.05) is 18.4 Å². The number of hydrogen-bond acceptors (Lipinski definition) is 7. The Hall–Kier alpha value is -1.52. The Morgan fingerprint density at radius 3 is 2.51 bits per heavy atom. The average molecular weight is 724 g/mol. The van der Waals surface area contributed by atoms with Crippen LogP contribution < -0.4 is 0 Å². The number of fused-ring (bicyclic) bond motifs is 4. The van der Waals surface area contributed by atoms with Gasteiger partial charge in [-0.3, -0.25) is 4.79 Å². The van der Waals surface area contributed by atoms with E-state index < -0.39 is 22.0 Å². The summed E-state index contributed by atoms with van der Waals surface area (Å²) in [6.07, 6.45) is 10.0. The number of hydrogen-bond donors (Lipinski definition) is 1. The van der Waals surface area contributed by atoms with Gasteiger partial charge in [-0.2, -0.15) is 0 Å². The van der Waals surface area contributed by atoms with E-state index in [4.69, 9.17) is 14.2 Å².